The van der Waals surface area contributed by atoms with E-state index in [1.165, 1.54) is 77.4 Å². The molecule has 0 aromatic heterocycles. The minimum atomic E-state index is 0.448. The molecule has 0 radical (unpaired) electrons. The molecule has 0 spiro atoms. The van der Waals surface area contributed by atoms with Gasteiger partial charge in [-0.2, -0.15) is 0 Å². The van der Waals surface area contributed by atoms with Crippen LogP contribution in [0.5, 0.6) is 0 Å². The highest BCUT2D eigenvalue weighted by Gasteiger charge is 2.25. The summed E-state index contributed by atoms with van der Waals surface area (Å²) in [5.41, 5.74) is 0. The summed E-state index contributed by atoms with van der Waals surface area (Å²) >= 11 is 0. The number of nitrogens with zero attached hydrogens (tertiary/aromatic N) is 2. The van der Waals surface area contributed by atoms with Gasteiger partial charge in [-0.3, -0.25) is 4.79 Å². The van der Waals surface area contributed by atoms with E-state index >= 15 is 0 Å². The molecule has 2 saturated heterocycles. The molecule has 3 aliphatic rings. The third kappa shape index (κ3) is 4.45. The summed E-state index contributed by atoms with van der Waals surface area (Å²) in [5, 5.41) is 0. The molecule has 3 fully saturated rings. The molecule has 3 rings (SSSR count). The van der Waals surface area contributed by atoms with Crippen molar-refractivity contribution in [2.45, 2.75) is 64.2 Å². The lowest BCUT2D eigenvalue weighted by Gasteiger charge is -2.24. The number of amides is 1. The number of likely N-dealkylation sites (tertiary alicyclic amines) is 2. The lowest BCUT2D eigenvalue weighted by atomic mass is 10.0. The quantitative estimate of drug-likeness (QED) is 0.794. The fourth-order valence-electron chi connectivity index (χ4n) is 4.52. The third-order valence-electron chi connectivity index (χ3n) is 5.85. The van der Waals surface area contributed by atoms with E-state index in [1.54, 1.807) is 0 Å². The largest absolute Gasteiger partial charge is 0.343 e. The summed E-state index contributed by atoms with van der Waals surface area (Å²) in [6, 6.07) is 0. The SMILES string of the molecule is O=C(CC1CCCC1)N1CCC[C@H](CN2CCCC2)CC1. The Morgan fingerprint density at radius 1 is 0.762 bits per heavy atom. The van der Waals surface area contributed by atoms with E-state index in [1.807, 2.05) is 0 Å². The Hall–Kier alpha value is -0.570. The zero-order valence-electron chi connectivity index (χ0n) is 13.6. The van der Waals surface area contributed by atoms with Crippen LogP contribution in [0.2, 0.25) is 0 Å². The first kappa shape index (κ1) is 15.3. The van der Waals surface area contributed by atoms with Crippen molar-refractivity contribution in [1.29, 1.82) is 0 Å². The van der Waals surface area contributed by atoms with Gasteiger partial charge in [0.15, 0.2) is 0 Å². The van der Waals surface area contributed by atoms with Crippen LogP contribution >= 0.6 is 0 Å². The minimum absolute atomic E-state index is 0.448. The molecule has 1 aliphatic carbocycles. The van der Waals surface area contributed by atoms with E-state index in [2.05, 4.69) is 9.80 Å². The second-order valence-corrected chi connectivity index (χ2v) is 7.54. The first-order chi connectivity index (χ1) is 10.3. The summed E-state index contributed by atoms with van der Waals surface area (Å²) in [5.74, 6) is 1.97. The molecule has 1 amide bonds. The highest BCUT2D eigenvalue weighted by atomic mass is 16.2. The van der Waals surface area contributed by atoms with Crippen LogP contribution < -0.4 is 0 Å². The summed E-state index contributed by atoms with van der Waals surface area (Å²) in [6.07, 6.45) is 12.6. The number of rotatable bonds is 4. The lowest BCUT2D eigenvalue weighted by Crippen LogP contribution is -2.33. The molecular formula is C18H32N2O. The van der Waals surface area contributed by atoms with Crippen molar-refractivity contribution in [2.24, 2.45) is 11.8 Å². The van der Waals surface area contributed by atoms with E-state index in [-0.39, 0.29) is 0 Å². The molecule has 0 N–H and O–H groups in total. The first-order valence-corrected chi connectivity index (χ1v) is 9.31. The predicted octanol–water partition coefficient (Wildman–Crippen LogP) is 3.29. The van der Waals surface area contributed by atoms with Crippen LogP contribution in [-0.2, 0) is 4.79 Å². The lowest BCUT2D eigenvalue weighted by molar-refractivity contribution is -0.132. The monoisotopic (exact) mass is 292 g/mol. The normalized spacial score (nSPS) is 29.0. The Morgan fingerprint density at radius 2 is 1.48 bits per heavy atom. The molecule has 2 heterocycles. The number of carbonyl (C=O) groups is 1. The number of hydrogen-bond acceptors (Lipinski definition) is 2. The first-order valence-electron chi connectivity index (χ1n) is 9.31. The van der Waals surface area contributed by atoms with Gasteiger partial charge in [-0.25, -0.2) is 0 Å². The van der Waals surface area contributed by atoms with Crippen LogP contribution in [0.25, 0.3) is 0 Å². The summed E-state index contributed by atoms with van der Waals surface area (Å²) in [7, 11) is 0. The van der Waals surface area contributed by atoms with Crippen molar-refractivity contribution in [3.63, 3.8) is 0 Å². The Bertz CT molecular complexity index is 332. The zero-order chi connectivity index (χ0) is 14.5. The van der Waals surface area contributed by atoms with Gasteiger partial charge in [0, 0.05) is 26.1 Å². The average Bonchev–Trinajstić information content (AvgIpc) is 3.11. The number of hydrogen-bond donors (Lipinski definition) is 0. The zero-order valence-corrected chi connectivity index (χ0v) is 13.6. The van der Waals surface area contributed by atoms with Gasteiger partial charge in [0.05, 0.1) is 0 Å². The van der Waals surface area contributed by atoms with Gasteiger partial charge < -0.3 is 9.80 Å². The molecule has 0 aromatic rings. The molecule has 0 bridgehead atoms. The van der Waals surface area contributed by atoms with E-state index in [9.17, 15) is 4.79 Å². The van der Waals surface area contributed by atoms with Crippen molar-refractivity contribution in [3.8, 4) is 0 Å². The molecule has 0 aromatic carbocycles. The van der Waals surface area contributed by atoms with E-state index in [4.69, 9.17) is 0 Å². The highest BCUT2D eigenvalue weighted by molar-refractivity contribution is 5.76. The molecule has 2 aliphatic heterocycles. The third-order valence-corrected chi connectivity index (χ3v) is 5.85. The van der Waals surface area contributed by atoms with Crippen LogP contribution in [0.1, 0.15) is 64.2 Å². The van der Waals surface area contributed by atoms with Gasteiger partial charge in [0.2, 0.25) is 5.91 Å². The smallest absolute Gasteiger partial charge is 0.222 e. The predicted molar refractivity (Wildman–Crippen MR) is 86.2 cm³/mol. The van der Waals surface area contributed by atoms with Crippen molar-refractivity contribution in [2.75, 3.05) is 32.7 Å². The fraction of sp³-hybridized carbons (Fsp3) is 0.944. The van der Waals surface area contributed by atoms with Crippen molar-refractivity contribution in [1.82, 2.24) is 9.80 Å². The van der Waals surface area contributed by atoms with E-state index in [0.717, 1.165) is 25.4 Å². The van der Waals surface area contributed by atoms with Crippen LogP contribution in [-0.4, -0.2) is 48.4 Å². The van der Waals surface area contributed by atoms with E-state index < -0.39 is 0 Å². The van der Waals surface area contributed by atoms with E-state index in [0.29, 0.717) is 11.8 Å². The summed E-state index contributed by atoms with van der Waals surface area (Å²) in [6.45, 7) is 5.93. The average molecular weight is 292 g/mol. The molecule has 3 nitrogen and oxygen atoms in total. The van der Waals surface area contributed by atoms with Crippen LogP contribution in [0.15, 0.2) is 0 Å². The molecule has 120 valence electrons. The van der Waals surface area contributed by atoms with Crippen LogP contribution in [0.4, 0.5) is 0 Å². The highest BCUT2D eigenvalue weighted by Crippen LogP contribution is 2.29. The van der Waals surface area contributed by atoms with Gasteiger partial charge in [-0.1, -0.05) is 12.8 Å². The maximum absolute atomic E-state index is 12.5. The standard InChI is InChI=1S/C18H32N2O/c21-18(14-16-6-1-2-7-16)20-12-5-8-17(9-13-20)15-19-10-3-4-11-19/h16-17H,1-15H2/t17-/m0/s1. The fourth-order valence-corrected chi connectivity index (χ4v) is 4.52. The molecule has 1 saturated carbocycles. The maximum atomic E-state index is 12.5. The van der Waals surface area contributed by atoms with Crippen molar-refractivity contribution < 1.29 is 4.79 Å². The van der Waals surface area contributed by atoms with Gasteiger partial charge in [0.1, 0.15) is 0 Å². The minimum Gasteiger partial charge on any atom is -0.343 e. The second-order valence-electron chi connectivity index (χ2n) is 7.54. The Morgan fingerprint density at radius 3 is 2.24 bits per heavy atom. The van der Waals surface area contributed by atoms with Crippen LogP contribution in [0.3, 0.4) is 0 Å². The van der Waals surface area contributed by atoms with Gasteiger partial charge >= 0.3 is 0 Å². The summed E-state index contributed by atoms with van der Waals surface area (Å²) in [4.78, 5) is 17.3. The van der Waals surface area contributed by atoms with Gasteiger partial charge in [-0.15, -0.1) is 0 Å². The van der Waals surface area contributed by atoms with Crippen molar-refractivity contribution in [3.05, 3.63) is 0 Å². The topological polar surface area (TPSA) is 23.6 Å². The van der Waals surface area contributed by atoms with Gasteiger partial charge in [0.25, 0.3) is 0 Å². The Kier molecular flexibility index (Phi) is 5.56. The molecular weight excluding hydrogens is 260 g/mol. The van der Waals surface area contributed by atoms with Gasteiger partial charge in [-0.05, 0) is 69.9 Å². The second kappa shape index (κ2) is 7.62. The van der Waals surface area contributed by atoms with Crippen molar-refractivity contribution >= 4 is 5.91 Å². The Balaban J connectivity index is 1.42. The molecule has 21 heavy (non-hydrogen) atoms. The maximum Gasteiger partial charge on any atom is 0.222 e. The van der Waals surface area contributed by atoms with Crippen LogP contribution in [0, 0.1) is 11.8 Å². The summed E-state index contributed by atoms with van der Waals surface area (Å²) < 4.78 is 0. The Labute approximate surface area is 130 Å². The molecule has 1 atom stereocenters. The molecule has 0 unspecified atom stereocenters. The number of carbonyl (C=O) groups excluding carboxylic acids is 1. The molecule has 3 heteroatoms.